The molecule has 25 nitrogen and oxygen atoms in total. The number of nitrogens with two attached hydrogens (primary N) is 4. The van der Waals surface area contributed by atoms with Crippen LogP contribution in [0, 0.1) is 0 Å². The molecule has 0 radical (unpaired) electrons. The van der Waals surface area contributed by atoms with Gasteiger partial charge in [0.2, 0.25) is 23.6 Å². The Labute approximate surface area is 784 Å². The minimum absolute atomic E-state index is 0.0230. The highest BCUT2D eigenvalue weighted by Gasteiger charge is 2.55. The van der Waals surface area contributed by atoms with Crippen molar-refractivity contribution in [2.24, 2.45) is 22.9 Å². The summed E-state index contributed by atoms with van der Waals surface area (Å²) in [6, 6.07) is -4.91. The maximum absolute atomic E-state index is 14.1. The van der Waals surface area contributed by atoms with E-state index in [4.69, 9.17) is 51.4 Å². The molecule has 4 rings (SSSR count). The number of aliphatic hydroxyl groups is 7. The van der Waals surface area contributed by atoms with Gasteiger partial charge in [0.1, 0.15) is 61.0 Å². The van der Waals surface area contributed by atoms with Crippen LogP contribution in [0.4, 0.5) is 0 Å². The van der Waals surface area contributed by atoms with Crippen LogP contribution in [0.2, 0.25) is 0 Å². The summed E-state index contributed by atoms with van der Waals surface area (Å²) in [4.78, 5) is 59.3. The first-order chi connectivity index (χ1) is 62.8. The van der Waals surface area contributed by atoms with Crippen LogP contribution in [0.1, 0.15) is 458 Å². The van der Waals surface area contributed by atoms with E-state index in [1.165, 1.54) is 295 Å². The maximum atomic E-state index is 14.1. The molecule has 2 unspecified atom stereocenters. The third-order valence-electron chi connectivity index (χ3n) is 27.4. The molecular weight excluding hydrogens is 1630 g/mol. The van der Waals surface area contributed by atoms with Crippen LogP contribution in [0.15, 0.2) is 24.3 Å². The van der Waals surface area contributed by atoms with Crippen molar-refractivity contribution in [3.63, 3.8) is 0 Å². The number of hydrogen-bond donors (Lipinski definition) is 13. The van der Waals surface area contributed by atoms with Gasteiger partial charge in [-0.3, -0.25) is 19.2 Å². The zero-order valence-electron chi connectivity index (χ0n) is 82.3. The van der Waals surface area contributed by atoms with Gasteiger partial charge >= 0.3 is 0 Å². The van der Waals surface area contributed by atoms with Gasteiger partial charge in [-0.25, -0.2) is 0 Å². The largest absolute Gasteiger partial charge is 0.394 e. The van der Waals surface area contributed by atoms with Crippen molar-refractivity contribution in [1.82, 2.24) is 20.4 Å². The highest BCUT2D eigenvalue weighted by Crippen LogP contribution is 2.36. The van der Waals surface area contributed by atoms with E-state index in [0.29, 0.717) is 26.2 Å². The van der Waals surface area contributed by atoms with Crippen LogP contribution in [-0.4, -0.2) is 225 Å². The number of carbonyl (C=O) groups excluding carboxylic acids is 4. The molecule has 0 aromatic carbocycles. The topological polar surface area (TPSA) is 400 Å². The van der Waals surface area contributed by atoms with Crippen molar-refractivity contribution in [3.8, 4) is 0 Å². The molecule has 0 aromatic heterocycles. The summed E-state index contributed by atoms with van der Waals surface area (Å²) >= 11 is 0. The maximum Gasteiger partial charge on any atom is 0.223 e. The summed E-state index contributed by atoms with van der Waals surface area (Å²) < 4.78 is 37.2. The SMILES string of the molecule is CCCCCCCCC/C=C/CCCCCCCCN(CCCCCCCC/C=C/CCCCCCCCC)C(=O)CCC(=O)NCC1O[C@H](O[C@@H]2C(CO)O[C@@H](O[C@@H]3[C@@H](O)[C@H](N)C[C@H](N)[C@H]3O[C@H]3O[C@H](NC(=O)CCC(=O)N(CCCCCCCCCCCCCCCCCC)CCCCCCCCCCCCCCCCCC)[C@@H](O)[C@H](O)[C@H]3N)[C@@H]2O)[C@H](N)[C@@H](O)[C@@H]1O. The molecule has 0 aromatic rings. The zero-order valence-corrected chi connectivity index (χ0v) is 82.3. The number of unbranched alkanes of at least 4 members (excludes halogenated alkanes) is 56. The molecule has 4 fully saturated rings. The minimum atomic E-state index is -1.78. The lowest BCUT2D eigenvalue weighted by Crippen LogP contribution is -2.69. The lowest BCUT2D eigenvalue weighted by Gasteiger charge is -2.47. The van der Waals surface area contributed by atoms with Gasteiger partial charge in [-0.1, -0.05) is 373 Å². The van der Waals surface area contributed by atoms with E-state index in [1.54, 1.807) is 0 Å². The summed E-state index contributed by atoms with van der Waals surface area (Å²) in [6.07, 6.45) is 61.6. The fourth-order valence-electron chi connectivity index (χ4n) is 18.7. The van der Waals surface area contributed by atoms with E-state index in [-0.39, 0.29) is 50.5 Å². The van der Waals surface area contributed by atoms with Crippen LogP contribution in [-0.2, 0) is 47.6 Å². The van der Waals surface area contributed by atoms with E-state index in [0.717, 1.165) is 103 Å². The normalized spacial score (nSPS) is 25.5. The van der Waals surface area contributed by atoms with Gasteiger partial charge in [-0.2, -0.15) is 0 Å². The Kier molecular flexibility index (Phi) is 71.1. The molecule has 25 heteroatoms. The van der Waals surface area contributed by atoms with Crippen LogP contribution in [0.25, 0.3) is 0 Å². The molecule has 1 aliphatic carbocycles. The number of ether oxygens (including phenoxy) is 6. The van der Waals surface area contributed by atoms with Crippen molar-refractivity contribution < 1.29 is 83.3 Å². The van der Waals surface area contributed by atoms with E-state index in [1.807, 2.05) is 9.80 Å². The summed E-state index contributed by atoms with van der Waals surface area (Å²) in [5.41, 5.74) is 26.1. The van der Waals surface area contributed by atoms with Crippen molar-refractivity contribution in [2.75, 3.05) is 39.3 Å². The highest BCUT2D eigenvalue weighted by atomic mass is 16.8. The summed E-state index contributed by atoms with van der Waals surface area (Å²) in [5, 5.41) is 85.2. The number of rotatable bonds is 84. The predicted molar refractivity (Wildman–Crippen MR) is 520 cm³/mol. The highest BCUT2D eigenvalue weighted by molar-refractivity contribution is 5.84. The average Bonchev–Trinajstić information content (AvgIpc) is 1.75. The number of nitrogens with one attached hydrogen (secondary N) is 2. The second-order valence-electron chi connectivity index (χ2n) is 39.0. The summed E-state index contributed by atoms with van der Waals surface area (Å²) in [5.74, 6) is -1.34. The van der Waals surface area contributed by atoms with Crippen LogP contribution < -0.4 is 33.6 Å². The van der Waals surface area contributed by atoms with Crippen molar-refractivity contribution in [2.45, 2.75) is 574 Å². The van der Waals surface area contributed by atoms with Gasteiger partial charge in [-0.05, 0) is 83.5 Å². The van der Waals surface area contributed by atoms with Crippen LogP contribution >= 0.6 is 0 Å². The molecule has 3 saturated heterocycles. The first kappa shape index (κ1) is 118. The Bertz CT molecular complexity index is 2670. The molecule has 4 aliphatic rings. The van der Waals surface area contributed by atoms with E-state index >= 15 is 0 Å². The standard InChI is InChI=1S/C104H198N8O17/c1-5-9-13-17-21-25-29-33-37-41-45-49-53-55-59-63-67-75-111(76-68-64-60-56-54-50-46-42-38-34-30-26-22-18-14-10-6-2)88(116)73-71-86(114)109-80-84-93(119)94(120)90(107)102(124-84)127-99-85(81-113)125-104(97(99)123)128-100-92(118)82(105)79-83(106)98(100)126-103-91(108)95(121)96(122)101(129-103)110-87(115)72-74-89(117)112(77-69-65-61-57-51-47-43-39-35-31-27-23-19-15-11-7-3)78-70-66-62-58-52-48-44-40-36-32-28-24-20-16-12-8-4/h37-38,41-42,82-85,90-104,113,118-123H,5-36,39-40,43-81,105-108H2,1-4H3,(H,109,114)(H,110,115)/b41-37+,42-38+/t82-,83+,84?,85?,90-,91-,92+,93-,94-,95-,96+,97-,98-,99-,100-,101+,102-,103+,104+/m1/s1. The number of allylic oxidation sites excluding steroid dienone is 4. The van der Waals surface area contributed by atoms with Crippen LogP contribution in [0.5, 0.6) is 0 Å². The Morgan fingerprint density at radius 3 is 0.961 bits per heavy atom. The molecule has 3 aliphatic heterocycles. The first-order valence-corrected chi connectivity index (χ1v) is 53.9. The molecule has 756 valence electrons. The zero-order chi connectivity index (χ0) is 93.5. The van der Waals surface area contributed by atoms with Gasteiger partial charge in [0.05, 0.1) is 24.8 Å². The Morgan fingerprint density at radius 2 is 0.612 bits per heavy atom. The van der Waals surface area contributed by atoms with Crippen molar-refractivity contribution >= 4 is 23.6 Å². The van der Waals surface area contributed by atoms with E-state index in [2.05, 4.69) is 62.6 Å². The third kappa shape index (κ3) is 53.3. The number of hydrogen-bond acceptors (Lipinski definition) is 21. The predicted octanol–water partition coefficient (Wildman–Crippen LogP) is 18.0. The Balaban J connectivity index is 1.30. The average molecular weight is 1830 g/mol. The second kappa shape index (κ2) is 77.7. The summed E-state index contributed by atoms with van der Waals surface area (Å²) in [7, 11) is 0. The number of aliphatic hydroxyl groups excluding tert-OH is 7. The number of nitrogens with zero attached hydrogens (tertiary/aromatic N) is 2. The Morgan fingerprint density at radius 1 is 0.318 bits per heavy atom. The molecule has 4 amide bonds. The van der Waals surface area contributed by atoms with Gasteiger partial charge in [-0.15, -0.1) is 0 Å². The fraction of sp³-hybridized carbons (Fsp3) is 0.923. The van der Waals surface area contributed by atoms with Crippen molar-refractivity contribution in [1.29, 1.82) is 0 Å². The lowest BCUT2D eigenvalue weighted by atomic mass is 9.84. The van der Waals surface area contributed by atoms with Crippen molar-refractivity contribution in [3.05, 3.63) is 24.3 Å². The van der Waals surface area contributed by atoms with Gasteiger partial charge in [0.25, 0.3) is 0 Å². The molecular formula is C104H198N8O17. The Hall–Kier alpha value is -3.32. The first-order valence-electron chi connectivity index (χ1n) is 53.9. The van der Waals surface area contributed by atoms with Gasteiger partial charge in [0, 0.05) is 70.5 Å². The lowest BCUT2D eigenvalue weighted by molar-refractivity contribution is -0.310. The van der Waals surface area contributed by atoms with E-state index in [9.17, 15) is 54.9 Å². The fourth-order valence-corrected chi connectivity index (χ4v) is 18.7. The molecule has 0 spiro atoms. The number of carbonyl (C=O) groups is 4. The van der Waals surface area contributed by atoms with Crippen LogP contribution in [0.3, 0.4) is 0 Å². The third-order valence-corrected chi connectivity index (χ3v) is 27.4. The molecule has 129 heavy (non-hydrogen) atoms. The second-order valence-corrected chi connectivity index (χ2v) is 39.0. The van der Waals surface area contributed by atoms with Gasteiger partial charge in [0.15, 0.2) is 25.1 Å². The molecule has 19 atom stereocenters. The smallest absolute Gasteiger partial charge is 0.223 e. The minimum Gasteiger partial charge on any atom is -0.394 e. The molecule has 1 saturated carbocycles. The van der Waals surface area contributed by atoms with Gasteiger partial charge < -0.3 is 108 Å². The molecule has 17 N–H and O–H groups in total. The molecule has 0 bridgehead atoms. The summed E-state index contributed by atoms with van der Waals surface area (Å²) in [6.45, 7) is 10.4. The monoisotopic (exact) mass is 1830 g/mol. The quantitative estimate of drug-likeness (QED) is 0.0199. The number of amides is 4. The van der Waals surface area contributed by atoms with E-state index < -0.39 is 135 Å². The molecule has 3 heterocycles.